The van der Waals surface area contributed by atoms with Crippen molar-refractivity contribution in [2.75, 3.05) is 25.0 Å². The third-order valence-electron chi connectivity index (χ3n) is 4.76. The standard InChI is InChI=1S/C19H28N6O/c1-4-10-25-21-12-17(23-25)22-18(26)16-7-5-15(6-8-16)13-24-11-9-20-14-19(24,2)3/h5-8,12,20H,4,9-11,13-14H2,1-3H3,(H,22,23,26). The summed E-state index contributed by atoms with van der Waals surface area (Å²) in [6, 6.07) is 7.80. The molecule has 0 atom stereocenters. The fourth-order valence-electron chi connectivity index (χ4n) is 3.15. The van der Waals surface area contributed by atoms with Crippen LogP contribution in [-0.2, 0) is 13.1 Å². The van der Waals surface area contributed by atoms with Gasteiger partial charge in [-0.05, 0) is 38.0 Å². The highest BCUT2D eigenvalue weighted by Crippen LogP contribution is 2.19. The number of rotatable bonds is 6. The van der Waals surface area contributed by atoms with Crippen molar-refractivity contribution in [3.05, 3.63) is 41.6 Å². The molecule has 2 aromatic rings. The molecule has 1 amide bonds. The number of carbonyl (C=O) groups excluding carboxylic acids is 1. The Hall–Kier alpha value is -2.25. The van der Waals surface area contributed by atoms with Gasteiger partial charge in [0.25, 0.3) is 5.91 Å². The Bertz CT molecular complexity index is 737. The summed E-state index contributed by atoms with van der Waals surface area (Å²) >= 11 is 0. The van der Waals surface area contributed by atoms with Crippen molar-refractivity contribution in [3.8, 4) is 0 Å². The van der Waals surface area contributed by atoms with E-state index in [9.17, 15) is 4.79 Å². The molecule has 1 saturated heterocycles. The SMILES string of the molecule is CCCn1ncc(NC(=O)c2ccc(CN3CCNCC3(C)C)cc2)n1. The van der Waals surface area contributed by atoms with Crippen LogP contribution in [0.15, 0.2) is 30.5 Å². The average Bonchev–Trinajstić information content (AvgIpc) is 3.05. The lowest BCUT2D eigenvalue weighted by atomic mass is 9.99. The van der Waals surface area contributed by atoms with E-state index in [-0.39, 0.29) is 11.4 Å². The number of nitrogens with zero attached hydrogens (tertiary/aromatic N) is 4. The van der Waals surface area contributed by atoms with Gasteiger partial charge in [-0.15, -0.1) is 5.10 Å². The lowest BCUT2D eigenvalue weighted by molar-refractivity contribution is 0.0827. The second-order valence-electron chi connectivity index (χ2n) is 7.39. The number of piperazine rings is 1. The van der Waals surface area contributed by atoms with Gasteiger partial charge >= 0.3 is 0 Å². The van der Waals surface area contributed by atoms with Crippen molar-refractivity contribution in [3.63, 3.8) is 0 Å². The van der Waals surface area contributed by atoms with Crippen molar-refractivity contribution in [1.82, 2.24) is 25.2 Å². The van der Waals surface area contributed by atoms with Crippen molar-refractivity contribution < 1.29 is 4.79 Å². The van der Waals surface area contributed by atoms with Gasteiger partial charge in [-0.25, -0.2) is 0 Å². The lowest BCUT2D eigenvalue weighted by Gasteiger charge is -2.42. The van der Waals surface area contributed by atoms with Gasteiger partial charge < -0.3 is 10.6 Å². The molecule has 1 aromatic heterocycles. The van der Waals surface area contributed by atoms with Crippen LogP contribution in [-0.4, -0.2) is 51.0 Å². The molecule has 26 heavy (non-hydrogen) atoms. The molecule has 0 unspecified atom stereocenters. The number of nitrogens with one attached hydrogen (secondary N) is 2. The van der Waals surface area contributed by atoms with Crippen LogP contribution in [0.5, 0.6) is 0 Å². The first-order valence-corrected chi connectivity index (χ1v) is 9.24. The van der Waals surface area contributed by atoms with Gasteiger partial charge in [0.15, 0.2) is 5.82 Å². The first-order chi connectivity index (χ1) is 12.5. The van der Waals surface area contributed by atoms with E-state index in [1.807, 2.05) is 24.3 Å². The largest absolute Gasteiger partial charge is 0.314 e. The maximum atomic E-state index is 12.4. The van der Waals surface area contributed by atoms with Crippen molar-refractivity contribution >= 4 is 11.7 Å². The summed E-state index contributed by atoms with van der Waals surface area (Å²) in [5.74, 6) is 0.317. The number of amides is 1. The number of carbonyl (C=O) groups is 1. The normalized spacial score (nSPS) is 17.2. The molecule has 3 rings (SSSR count). The van der Waals surface area contributed by atoms with Crippen molar-refractivity contribution in [2.45, 2.75) is 45.8 Å². The first kappa shape index (κ1) is 18.5. The maximum Gasteiger partial charge on any atom is 0.256 e. The van der Waals surface area contributed by atoms with E-state index in [1.165, 1.54) is 5.56 Å². The van der Waals surface area contributed by atoms with E-state index in [1.54, 1.807) is 11.0 Å². The minimum Gasteiger partial charge on any atom is -0.314 e. The van der Waals surface area contributed by atoms with Gasteiger partial charge in [-0.3, -0.25) is 9.69 Å². The van der Waals surface area contributed by atoms with E-state index < -0.39 is 0 Å². The summed E-state index contributed by atoms with van der Waals surface area (Å²) in [4.78, 5) is 16.4. The molecule has 0 aliphatic carbocycles. The van der Waals surface area contributed by atoms with Crippen LogP contribution in [0, 0.1) is 0 Å². The molecule has 7 heteroatoms. The Morgan fingerprint density at radius 3 is 2.77 bits per heavy atom. The van der Waals surface area contributed by atoms with E-state index in [4.69, 9.17) is 0 Å². The topological polar surface area (TPSA) is 75.1 Å². The molecule has 1 aliphatic rings. The summed E-state index contributed by atoms with van der Waals surface area (Å²) < 4.78 is 0. The molecule has 140 valence electrons. The van der Waals surface area contributed by atoms with Gasteiger partial charge in [-0.1, -0.05) is 19.1 Å². The highest BCUT2D eigenvalue weighted by Gasteiger charge is 2.29. The molecule has 0 spiro atoms. The number of benzene rings is 1. The molecule has 1 aromatic carbocycles. The van der Waals surface area contributed by atoms with E-state index in [0.717, 1.165) is 39.1 Å². The fraction of sp³-hybridized carbons (Fsp3) is 0.526. The summed E-state index contributed by atoms with van der Waals surface area (Å²) in [5.41, 5.74) is 1.97. The quantitative estimate of drug-likeness (QED) is 0.829. The van der Waals surface area contributed by atoms with Gasteiger partial charge in [0.1, 0.15) is 0 Å². The summed E-state index contributed by atoms with van der Waals surface area (Å²) in [5, 5.41) is 14.6. The van der Waals surface area contributed by atoms with Gasteiger partial charge in [-0.2, -0.15) is 9.90 Å². The van der Waals surface area contributed by atoms with Gasteiger partial charge in [0.05, 0.1) is 12.7 Å². The highest BCUT2D eigenvalue weighted by molar-refractivity contribution is 6.03. The third-order valence-corrected chi connectivity index (χ3v) is 4.76. The number of hydrogen-bond acceptors (Lipinski definition) is 5. The number of hydrogen-bond donors (Lipinski definition) is 2. The van der Waals surface area contributed by atoms with Crippen LogP contribution in [0.1, 0.15) is 43.1 Å². The Balaban J connectivity index is 1.60. The molecule has 1 fully saturated rings. The van der Waals surface area contributed by atoms with E-state index in [2.05, 4.69) is 46.5 Å². The molecule has 0 saturated carbocycles. The second-order valence-corrected chi connectivity index (χ2v) is 7.39. The minimum absolute atomic E-state index is 0.138. The van der Waals surface area contributed by atoms with Crippen molar-refractivity contribution in [2.24, 2.45) is 0 Å². The van der Waals surface area contributed by atoms with Crippen LogP contribution < -0.4 is 10.6 Å². The smallest absolute Gasteiger partial charge is 0.256 e. The maximum absolute atomic E-state index is 12.4. The fourth-order valence-corrected chi connectivity index (χ4v) is 3.15. The molecule has 2 heterocycles. The molecule has 1 aliphatic heterocycles. The predicted molar refractivity (Wildman–Crippen MR) is 102 cm³/mol. The molecule has 0 bridgehead atoms. The van der Waals surface area contributed by atoms with Crippen LogP contribution in [0.3, 0.4) is 0 Å². The Labute approximate surface area is 154 Å². The lowest BCUT2D eigenvalue weighted by Crippen LogP contribution is -2.57. The van der Waals surface area contributed by atoms with E-state index >= 15 is 0 Å². The summed E-state index contributed by atoms with van der Waals surface area (Å²) in [7, 11) is 0. The van der Waals surface area contributed by atoms with Crippen molar-refractivity contribution in [1.29, 1.82) is 0 Å². The monoisotopic (exact) mass is 356 g/mol. The van der Waals surface area contributed by atoms with Crippen LogP contribution in [0.25, 0.3) is 0 Å². The summed E-state index contributed by atoms with van der Waals surface area (Å²) in [6.45, 7) is 11.2. The molecular weight excluding hydrogens is 328 g/mol. The Morgan fingerprint density at radius 1 is 1.31 bits per heavy atom. The first-order valence-electron chi connectivity index (χ1n) is 9.24. The molecule has 7 nitrogen and oxygen atoms in total. The zero-order chi connectivity index (χ0) is 18.6. The number of aromatic nitrogens is 3. The zero-order valence-corrected chi connectivity index (χ0v) is 15.8. The highest BCUT2D eigenvalue weighted by atomic mass is 16.1. The van der Waals surface area contributed by atoms with Gasteiger partial charge in [0.2, 0.25) is 0 Å². The average molecular weight is 356 g/mol. The molecule has 2 N–H and O–H groups in total. The van der Waals surface area contributed by atoms with E-state index in [0.29, 0.717) is 11.4 Å². The summed E-state index contributed by atoms with van der Waals surface area (Å²) in [6.07, 6.45) is 2.53. The molecule has 0 radical (unpaired) electrons. The predicted octanol–water partition coefficient (Wildman–Crippen LogP) is 2.12. The second kappa shape index (κ2) is 7.97. The third kappa shape index (κ3) is 4.47. The van der Waals surface area contributed by atoms with Gasteiger partial charge in [0, 0.05) is 37.3 Å². The zero-order valence-electron chi connectivity index (χ0n) is 15.8. The van der Waals surface area contributed by atoms with Crippen LogP contribution in [0.2, 0.25) is 0 Å². The Kier molecular flexibility index (Phi) is 5.68. The minimum atomic E-state index is -0.164. The number of anilines is 1. The Morgan fingerprint density at radius 2 is 2.08 bits per heavy atom. The van der Waals surface area contributed by atoms with Crippen LogP contribution in [0.4, 0.5) is 5.82 Å². The number of aryl methyl sites for hydroxylation is 1. The van der Waals surface area contributed by atoms with Crippen LogP contribution >= 0.6 is 0 Å². The molecular formula is C19H28N6O.